The van der Waals surface area contributed by atoms with Crippen molar-refractivity contribution in [3.05, 3.63) is 35.7 Å². The first-order valence-electron chi connectivity index (χ1n) is 6.17. The molecule has 2 heterocycles. The van der Waals surface area contributed by atoms with Crippen molar-refractivity contribution in [2.45, 2.75) is 32.0 Å². The molecular formula is C13H16N4O. The molecule has 0 fully saturated rings. The average Bonchev–Trinajstić information content (AvgIpc) is 2.81. The molecule has 1 aromatic heterocycles. The first kappa shape index (κ1) is 11.4. The van der Waals surface area contributed by atoms with E-state index in [2.05, 4.69) is 10.1 Å². The van der Waals surface area contributed by atoms with Crippen LogP contribution in [0.15, 0.2) is 24.3 Å². The van der Waals surface area contributed by atoms with Crippen molar-refractivity contribution >= 4 is 0 Å². The molecule has 1 aliphatic heterocycles. The summed E-state index contributed by atoms with van der Waals surface area (Å²) in [5.74, 6) is 1.59. The minimum atomic E-state index is -0.283. The second-order valence-corrected chi connectivity index (χ2v) is 4.62. The van der Waals surface area contributed by atoms with E-state index in [-0.39, 0.29) is 6.10 Å². The van der Waals surface area contributed by atoms with E-state index >= 15 is 0 Å². The van der Waals surface area contributed by atoms with Crippen LogP contribution in [0.5, 0.6) is 0 Å². The lowest BCUT2D eigenvalue weighted by atomic mass is 10.1. The van der Waals surface area contributed by atoms with Crippen molar-refractivity contribution in [3.63, 3.8) is 0 Å². The maximum atomic E-state index is 9.61. The van der Waals surface area contributed by atoms with E-state index in [4.69, 9.17) is 5.73 Å². The Bertz CT molecular complexity index is 547. The molecule has 94 valence electrons. The fraction of sp³-hybridized carbons (Fsp3) is 0.385. The summed E-state index contributed by atoms with van der Waals surface area (Å²) < 4.78 is 1.89. The van der Waals surface area contributed by atoms with Crippen LogP contribution in [0.25, 0.3) is 11.4 Å². The number of hydrogen-bond acceptors (Lipinski definition) is 4. The second-order valence-electron chi connectivity index (χ2n) is 4.62. The van der Waals surface area contributed by atoms with Gasteiger partial charge < -0.3 is 10.8 Å². The number of hydrogen-bond donors (Lipinski definition) is 2. The van der Waals surface area contributed by atoms with E-state index in [1.54, 1.807) is 0 Å². The van der Waals surface area contributed by atoms with E-state index in [0.717, 1.165) is 35.7 Å². The Kier molecular flexibility index (Phi) is 2.85. The zero-order chi connectivity index (χ0) is 12.5. The Morgan fingerprint density at radius 1 is 1.33 bits per heavy atom. The number of aliphatic hydroxyl groups excluding tert-OH is 1. The highest BCUT2D eigenvalue weighted by molar-refractivity contribution is 5.55. The molecule has 5 nitrogen and oxygen atoms in total. The molecule has 0 saturated heterocycles. The number of aryl methyl sites for hydroxylation is 1. The topological polar surface area (TPSA) is 77.0 Å². The van der Waals surface area contributed by atoms with Crippen LogP contribution in [-0.2, 0) is 19.5 Å². The summed E-state index contributed by atoms with van der Waals surface area (Å²) in [5, 5.41) is 14.1. The van der Waals surface area contributed by atoms with E-state index in [9.17, 15) is 5.11 Å². The highest BCUT2D eigenvalue weighted by Gasteiger charge is 2.20. The van der Waals surface area contributed by atoms with Gasteiger partial charge in [-0.1, -0.05) is 24.3 Å². The number of rotatable bonds is 2. The van der Waals surface area contributed by atoms with Crippen LogP contribution in [-0.4, -0.2) is 26.0 Å². The number of aliphatic hydroxyl groups is 1. The summed E-state index contributed by atoms with van der Waals surface area (Å²) in [7, 11) is 0. The number of nitrogens with zero attached hydrogens (tertiary/aromatic N) is 3. The monoisotopic (exact) mass is 244 g/mol. The minimum Gasteiger partial charge on any atom is -0.393 e. The fourth-order valence-corrected chi connectivity index (χ4v) is 2.20. The predicted molar refractivity (Wildman–Crippen MR) is 67.7 cm³/mol. The standard InChI is InChI=1S/C13H16N4O/c14-8-9-1-3-10(4-2-9)13-15-12-7-11(18)5-6-17(12)16-13/h1-4,11,18H,5-8,14H2. The molecule has 0 radical (unpaired) electrons. The second kappa shape index (κ2) is 4.51. The molecule has 0 saturated carbocycles. The SMILES string of the molecule is NCc1ccc(-c2nc3n(n2)CCC(O)C3)cc1. The third-order valence-electron chi connectivity index (χ3n) is 3.29. The van der Waals surface area contributed by atoms with Gasteiger partial charge in [0, 0.05) is 25.1 Å². The Labute approximate surface area is 105 Å². The molecule has 18 heavy (non-hydrogen) atoms. The van der Waals surface area contributed by atoms with Gasteiger partial charge >= 0.3 is 0 Å². The van der Waals surface area contributed by atoms with Crippen molar-refractivity contribution in [2.24, 2.45) is 5.73 Å². The third kappa shape index (κ3) is 2.02. The summed E-state index contributed by atoms with van der Waals surface area (Å²) >= 11 is 0. The summed E-state index contributed by atoms with van der Waals surface area (Å²) in [6.07, 6.45) is 1.06. The van der Waals surface area contributed by atoms with Gasteiger partial charge in [-0.25, -0.2) is 9.67 Å². The lowest BCUT2D eigenvalue weighted by Gasteiger charge is -2.16. The molecular weight excluding hydrogens is 228 g/mol. The van der Waals surface area contributed by atoms with Crippen molar-refractivity contribution in [1.82, 2.24) is 14.8 Å². The molecule has 0 aliphatic carbocycles. The van der Waals surface area contributed by atoms with Crippen molar-refractivity contribution < 1.29 is 5.11 Å². The zero-order valence-electron chi connectivity index (χ0n) is 10.1. The summed E-state index contributed by atoms with van der Waals surface area (Å²) in [6, 6.07) is 7.95. The number of nitrogens with two attached hydrogens (primary N) is 1. The van der Waals surface area contributed by atoms with Crippen molar-refractivity contribution in [2.75, 3.05) is 0 Å². The minimum absolute atomic E-state index is 0.283. The smallest absolute Gasteiger partial charge is 0.181 e. The van der Waals surface area contributed by atoms with Crippen LogP contribution in [0, 0.1) is 0 Å². The molecule has 3 N–H and O–H groups in total. The molecule has 2 aromatic rings. The van der Waals surface area contributed by atoms with Gasteiger partial charge in [-0.2, -0.15) is 5.10 Å². The normalized spacial score (nSPS) is 18.7. The molecule has 1 atom stereocenters. The van der Waals surface area contributed by atoms with Gasteiger partial charge in [-0.05, 0) is 12.0 Å². The van der Waals surface area contributed by atoms with Crippen molar-refractivity contribution in [3.8, 4) is 11.4 Å². The Balaban J connectivity index is 1.92. The Hall–Kier alpha value is -1.72. The van der Waals surface area contributed by atoms with Gasteiger partial charge in [0.15, 0.2) is 5.82 Å². The van der Waals surface area contributed by atoms with Gasteiger partial charge in [0.25, 0.3) is 0 Å². The van der Waals surface area contributed by atoms with E-state index in [1.165, 1.54) is 0 Å². The summed E-state index contributed by atoms with van der Waals surface area (Å²) in [5.41, 5.74) is 7.66. The molecule has 1 aliphatic rings. The van der Waals surface area contributed by atoms with Gasteiger partial charge in [-0.15, -0.1) is 0 Å². The lowest BCUT2D eigenvalue weighted by Crippen LogP contribution is -2.23. The van der Waals surface area contributed by atoms with E-state index in [1.807, 2.05) is 28.9 Å². The summed E-state index contributed by atoms with van der Waals surface area (Å²) in [4.78, 5) is 4.49. The largest absolute Gasteiger partial charge is 0.393 e. The number of fused-ring (bicyclic) bond motifs is 1. The highest BCUT2D eigenvalue weighted by Crippen LogP contribution is 2.20. The Morgan fingerprint density at radius 3 is 2.83 bits per heavy atom. The van der Waals surface area contributed by atoms with Crippen LogP contribution >= 0.6 is 0 Å². The lowest BCUT2D eigenvalue weighted by molar-refractivity contribution is 0.138. The van der Waals surface area contributed by atoms with Gasteiger partial charge in [0.2, 0.25) is 0 Å². The van der Waals surface area contributed by atoms with Crippen LogP contribution in [0.4, 0.5) is 0 Å². The molecule has 1 aromatic carbocycles. The molecule has 5 heteroatoms. The molecule has 0 spiro atoms. The predicted octanol–water partition coefficient (Wildman–Crippen LogP) is 0.711. The summed E-state index contributed by atoms with van der Waals surface area (Å²) in [6.45, 7) is 1.28. The number of aromatic nitrogens is 3. The van der Waals surface area contributed by atoms with Crippen LogP contribution < -0.4 is 5.73 Å². The average molecular weight is 244 g/mol. The van der Waals surface area contributed by atoms with Gasteiger partial charge in [-0.3, -0.25) is 0 Å². The molecule has 0 bridgehead atoms. The van der Waals surface area contributed by atoms with Crippen LogP contribution in [0.2, 0.25) is 0 Å². The first-order valence-corrected chi connectivity index (χ1v) is 6.17. The molecule has 3 rings (SSSR count). The highest BCUT2D eigenvalue weighted by atomic mass is 16.3. The van der Waals surface area contributed by atoms with Crippen molar-refractivity contribution in [1.29, 1.82) is 0 Å². The first-order chi connectivity index (χ1) is 8.76. The molecule has 0 amide bonds. The fourth-order valence-electron chi connectivity index (χ4n) is 2.20. The quantitative estimate of drug-likeness (QED) is 0.815. The van der Waals surface area contributed by atoms with Crippen LogP contribution in [0.1, 0.15) is 17.8 Å². The van der Waals surface area contributed by atoms with E-state index in [0.29, 0.717) is 13.0 Å². The Morgan fingerprint density at radius 2 is 2.11 bits per heavy atom. The van der Waals surface area contributed by atoms with Gasteiger partial charge in [0.1, 0.15) is 5.82 Å². The maximum absolute atomic E-state index is 9.61. The zero-order valence-corrected chi connectivity index (χ0v) is 10.1. The maximum Gasteiger partial charge on any atom is 0.181 e. The third-order valence-corrected chi connectivity index (χ3v) is 3.29. The molecule has 1 unspecified atom stereocenters. The number of benzene rings is 1. The van der Waals surface area contributed by atoms with Gasteiger partial charge in [0.05, 0.1) is 6.10 Å². The van der Waals surface area contributed by atoms with Crippen LogP contribution in [0.3, 0.4) is 0 Å². The van der Waals surface area contributed by atoms with E-state index < -0.39 is 0 Å².